The van der Waals surface area contributed by atoms with Gasteiger partial charge in [-0.1, -0.05) is 42.5 Å². The number of rotatable bonds is 8. The number of carbonyl (C=O) groups is 2. The third-order valence-corrected chi connectivity index (χ3v) is 6.96. The maximum atomic E-state index is 13.1. The molecule has 0 atom stereocenters. The van der Waals surface area contributed by atoms with Crippen molar-refractivity contribution in [1.29, 1.82) is 0 Å². The van der Waals surface area contributed by atoms with Gasteiger partial charge < -0.3 is 9.47 Å². The first-order valence-corrected chi connectivity index (χ1v) is 12.5. The first kappa shape index (κ1) is 25.0. The van der Waals surface area contributed by atoms with Crippen molar-refractivity contribution >= 4 is 45.4 Å². The van der Waals surface area contributed by atoms with Crippen LogP contribution in [0.15, 0.2) is 89.8 Å². The van der Waals surface area contributed by atoms with E-state index >= 15 is 0 Å². The highest BCUT2D eigenvalue weighted by Crippen LogP contribution is 2.35. The quantitative estimate of drug-likeness (QED) is 0.145. The highest BCUT2D eigenvalue weighted by molar-refractivity contribution is 8.18. The molecule has 4 aromatic rings. The number of hydrogen-bond donors (Lipinski definition) is 0. The summed E-state index contributed by atoms with van der Waals surface area (Å²) in [5.41, 5.74) is 2.34. The average Bonchev–Trinajstić information content (AvgIpc) is 3.19. The topological polar surface area (TPSA) is 99.0 Å². The van der Waals surface area contributed by atoms with Crippen LogP contribution in [0.5, 0.6) is 11.5 Å². The number of nitro groups is 1. The SMILES string of the molecule is COc1cc(/C=C2\SC(=O)N(Cc3ccc4ccccc4c3)C2=O)ccc1OCc1ccc([N+](=O)[O-])cc1. The first-order chi connectivity index (χ1) is 18.4. The van der Waals surface area contributed by atoms with Crippen LogP contribution >= 0.6 is 11.8 Å². The van der Waals surface area contributed by atoms with Crippen molar-refractivity contribution in [3.8, 4) is 11.5 Å². The van der Waals surface area contributed by atoms with Crippen molar-refractivity contribution in [2.45, 2.75) is 13.2 Å². The summed E-state index contributed by atoms with van der Waals surface area (Å²) in [4.78, 5) is 37.7. The Bertz CT molecular complexity index is 1580. The molecule has 0 spiro atoms. The smallest absolute Gasteiger partial charge is 0.293 e. The van der Waals surface area contributed by atoms with Crippen LogP contribution in [-0.4, -0.2) is 28.1 Å². The molecule has 38 heavy (non-hydrogen) atoms. The molecule has 5 rings (SSSR count). The zero-order chi connectivity index (χ0) is 26.6. The molecule has 0 aromatic heterocycles. The van der Waals surface area contributed by atoms with Crippen molar-refractivity contribution in [1.82, 2.24) is 4.90 Å². The molecular weight excluding hydrogens is 504 g/mol. The lowest BCUT2D eigenvalue weighted by Gasteiger charge is -2.13. The van der Waals surface area contributed by atoms with Crippen molar-refractivity contribution in [3.63, 3.8) is 0 Å². The van der Waals surface area contributed by atoms with Gasteiger partial charge in [-0.2, -0.15) is 0 Å². The zero-order valence-corrected chi connectivity index (χ0v) is 21.1. The molecule has 1 aliphatic rings. The van der Waals surface area contributed by atoms with E-state index in [-0.39, 0.29) is 30.0 Å². The minimum Gasteiger partial charge on any atom is -0.493 e. The minimum atomic E-state index is -0.454. The van der Waals surface area contributed by atoms with Gasteiger partial charge in [0.25, 0.3) is 16.8 Å². The van der Waals surface area contributed by atoms with Gasteiger partial charge in [0.1, 0.15) is 6.61 Å². The molecule has 1 aliphatic heterocycles. The number of thioether (sulfide) groups is 1. The van der Waals surface area contributed by atoms with E-state index in [4.69, 9.17) is 9.47 Å². The van der Waals surface area contributed by atoms with Crippen LogP contribution in [0.25, 0.3) is 16.8 Å². The summed E-state index contributed by atoms with van der Waals surface area (Å²) in [5, 5.41) is 12.7. The van der Waals surface area contributed by atoms with E-state index in [1.807, 2.05) is 42.5 Å². The summed E-state index contributed by atoms with van der Waals surface area (Å²) in [5.74, 6) is 0.592. The Morgan fingerprint density at radius 1 is 0.895 bits per heavy atom. The molecule has 0 bridgehead atoms. The van der Waals surface area contributed by atoms with Crippen molar-refractivity contribution in [2.24, 2.45) is 0 Å². The molecule has 1 fully saturated rings. The van der Waals surface area contributed by atoms with Gasteiger partial charge >= 0.3 is 0 Å². The van der Waals surface area contributed by atoms with Gasteiger partial charge in [-0.25, -0.2) is 0 Å². The van der Waals surface area contributed by atoms with Crippen LogP contribution in [0, 0.1) is 10.1 Å². The van der Waals surface area contributed by atoms with Crippen LogP contribution in [0.3, 0.4) is 0 Å². The van der Waals surface area contributed by atoms with Crippen LogP contribution in [0.4, 0.5) is 10.5 Å². The molecule has 9 heteroatoms. The fraction of sp³-hybridized carbons (Fsp3) is 0.103. The van der Waals surface area contributed by atoms with E-state index in [9.17, 15) is 19.7 Å². The lowest BCUT2D eigenvalue weighted by molar-refractivity contribution is -0.384. The van der Waals surface area contributed by atoms with Gasteiger partial charge in [-0.15, -0.1) is 0 Å². The number of methoxy groups -OCH3 is 1. The Balaban J connectivity index is 1.28. The molecule has 0 aliphatic carbocycles. The number of imide groups is 1. The highest BCUT2D eigenvalue weighted by Gasteiger charge is 2.35. The molecule has 190 valence electrons. The van der Waals surface area contributed by atoms with Gasteiger partial charge in [0, 0.05) is 12.1 Å². The number of hydrogen-bond acceptors (Lipinski definition) is 7. The molecule has 1 heterocycles. The summed E-state index contributed by atoms with van der Waals surface area (Å²) in [6.07, 6.45) is 1.66. The van der Waals surface area contributed by atoms with E-state index in [1.165, 1.54) is 24.1 Å². The number of nitrogens with zero attached hydrogens (tertiary/aromatic N) is 2. The summed E-state index contributed by atoms with van der Waals surface area (Å²) in [6, 6.07) is 25.2. The molecule has 0 saturated carbocycles. The molecule has 2 amide bonds. The Labute approximate surface area is 222 Å². The third kappa shape index (κ3) is 5.37. The fourth-order valence-corrected chi connectivity index (χ4v) is 4.91. The number of benzene rings is 4. The van der Waals surface area contributed by atoms with Gasteiger partial charge in [0.15, 0.2) is 11.5 Å². The summed E-state index contributed by atoms with van der Waals surface area (Å²) >= 11 is 0.906. The normalized spacial score (nSPS) is 14.3. The van der Waals surface area contributed by atoms with Crippen molar-refractivity contribution < 1.29 is 24.0 Å². The first-order valence-electron chi connectivity index (χ1n) is 11.7. The number of nitro benzene ring substituents is 1. The second-order valence-corrected chi connectivity index (χ2v) is 9.57. The molecular formula is C29H22N2O6S. The largest absolute Gasteiger partial charge is 0.493 e. The number of ether oxygens (including phenoxy) is 2. The third-order valence-electron chi connectivity index (χ3n) is 6.06. The van der Waals surface area contributed by atoms with Crippen molar-refractivity contribution in [2.75, 3.05) is 7.11 Å². The van der Waals surface area contributed by atoms with Crippen LogP contribution in [-0.2, 0) is 17.9 Å². The van der Waals surface area contributed by atoms with E-state index in [2.05, 4.69) is 0 Å². The predicted octanol–water partition coefficient (Wildman–Crippen LogP) is 6.57. The molecule has 0 unspecified atom stereocenters. The lowest BCUT2D eigenvalue weighted by Crippen LogP contribution is -2.27. The molecule has 1 saturated heterocycles. The maximum absolute atomic E-state index is 13.1. The maximum Gasteiger partial charge on any atom is 0.293 e. The van der Waals surface area contributed by atoms with E-state index in [1.54, 1.807) is 36.4 Å². The molecule has 8 nitrogen and oxygen atoms in total. The van der Waals surface area contributed by atoms with Crippen LogP contribution in [0.1, 0.15) is 16.7 Å². The molecule has 0 N–H and O–H groups in total. The Hall–Kier alpha value is -4.63. The Morgan fingerprint density at radius 2 is 1.63 bits per heavy atom. The summed E-state index contributed by atoms with van der Waals surface area (Å²) in [6.45, 7) is 0.396. The summed E-state index contributed by atoms with van der Waals surface area (Å²) in [7, 11) is 1.51. The van der Waals surface area contributed by atoms with E-state index in [0.29, 0.717) is 22.0 Å². The monoisotopic (exact) mass is 526 g/mol. The fourth-order valence-electron chi connectivity index (χ4n) is 4.08. The standard InChI is InChI=1S/C29H22N2O6S/c1-36-26-15-20(9-13-25(26)37-18-19-7-11-24(12-8-19)31(34)35)16-27-28(32)30(29(33)38-27)17-21-6-10-22-4-2-3-5-23(22)14-21/h2-16H,17-18H2,1H3/b27-16-. The van der Waals surface area contributed by atoms with Crippen LogP contribution in [0.2, 0.25) is 0 Å². The number of carbonyl (C=O) groups excluding carboxylic acids is 2. The van der Waals surface area contributed by atoms with E-state index in [0.717, 1.165) is 33.7 Å². The zero-order valence-electron chi connectivity index (χ0n) is 20.3. The Morgan fingerprint density at radius 3 is 2.37 bits per heavy atom. The lowest BCUT2D eigenvalue weighted by atomic mass is 10.1. The summed E-state index contributed by atoms with van der Waals surface area (Å²) < 4.78 is 11.3. The molecule has 4 aromatic carbocycles. The second-order valence-electron chi connectivity index (χ2n) is 8.57. The van der Waals surface area contributed by atoms with Gasteiger partial charge in [0.05, 0.1) is 23.5 Å². The minimum absolute atomic E-state index is 0.0114. The number of fused-ring (bicyclic) bond motifs is 1. The average molecular weight is 527 g/mol. The predicted molar refractivity (Wildman–Crippen MR) is 146 cm³/mol. The van der Waals surface area contributed by atoms with E-state index < -0.39 is 4.92 Å². The van der Waals surface area contributed by atoms with Gasteiger partial charge in [-0.3, -0.25) is 24.6 Å². The van der Waals surface area contributed by atoms with Gasteiger partial charge in [0.2, 0.25) is 0 Å². The highest BCUT2D eigenvalue weighted by atomic mass is 32.2. The second kappa shape index (κ2) is 10.8. The Kier molecular flexibility index (Phi) is 7.10. The number of amides is 2. The van der Waals surface area contributed by atoms with Crippen LogP contribution < -0.4 is 9.47 Å². The molecule has 0 radical (unpaired) electrons. The van der Waals surface area contributed by atoms with Crippen molar-refractivity contribution in [3.05, 3.63) is 117 Å². The number of non-ortho nitro benzene ring substituents is 1. The van der Waals surface area contributed by atoms with Gasteiger partial charge in [-0.05, 0) is 75.6 Å².